The maximum absolute atomic E-state index is 12.3. The first-order valence-electron chi connectivity index (χ1n) is 7.56. The summed E-state index contributed by atoms with van der Waals surface area (Å²) < 4.78 is 0. The largest absolute Gasteiger partial charge is 0.349 e. The van der Waals surface area contributed by atoms with Crippen LogP contribution in [-0.2, 0) is 6.42 Å². The molecular weight excluding hydrogens is 326 g/mol. The number of hydrogen-bond acceptors (Lipinski definition) is 5. The van der Waals surface area contributed by atoms with Crippen molar-refractivity contribution in [2.45, 2.75) is 26.3 Å². The van der Waals surface area contributed by atoms with Gasteiger partial charge in [0.15, 0.2) is 0 Å². The van der Waals surface area contributed by atoms with Gasteiger partial charge in [-0.1, -0.05) is 29.8 Å². The minimum absolute atomic E-state index is 0.114. The monoisotopic (exact) mass is 343 g/mol. The maximum Gasteiger partial charge on any atom is 0.277 e. The Morgan fingerprint density at radius 1 is 1.04 bits per heavy atom. The minimum atomic E-state index is -0.764. The minimum Gasteiger partial charge on any atom is -0.349 e. The highest BCUT2D eigenvalue weighted by Crippen LogP contribution is 2.22. The smallest absolute Gasteiger partial charge is 0.277 e. The maximum atomic E-state index is 12.3. The number of nitrogens with zero attached hydrogens (tertiary/aromatic N) is 2. The summed E-state index contributed by atoms with van der Waals surface area (Å²) in [7, 11) is 0. The van der Waals surface area contributed by atoms with Crippen molar-refractivity contribution in [1.82, 2.24) is 5.32 Å². The molecule has 0 aliphatic heterocycles. The van der Waals surface area contributed by atoms with Crippen LogP contribution >= 0.6 is 0 Å². The van der Waals surface area contributed by atoms with E-state index in [1.54, 1.807) is 6.92 Å². The lowest BCUT2D eigenvalue weighted by molar-refractivity contribution is -0.394. The summed E-state index contributed by atoms with van der Waals surface area (Å²) in [5, 5.41) is 24.5. The summed E-state index contributed by atoms with van der Waals surface area (Å²) in [6.07, 6.45) is 0.572. The topological polar surface area (TPSA) is 115 Å². The Bertz CT molecular complexity index is 785. The highest BCUT2D eigenvalue weighted by molar-refractivity contribution is 5.95. The Labute approximate surface area is 143 Å². The summed E-state index contributed by atoms with van der Waals surface area (Å²) in [5.41, 5.74) is 1.06. The zero-order valence-corrected chi connectivity index (χ0v) is 13.8. The lowest BCUT2D eigenvalue weighted by Gasteiger charge is -2.14. The average Bonchev–Trinajstić information content (AvgIpc) is 2.56. The first-order chi connectivity index (χ1) is 11.8. The number of nitro groups is 2. The number of benzene rings is 2. The van der Waals surface area contributed by atoms with Crippen LogP contribution in [0.5, 0.6) is 0 Å². The fraction of sp³-hybridized carbons (Fsp3) is 0.235. The molecule has 2 aromatic rings. The van der Waals surface area contributed by atoms with Crippen molar-refractivity contribution in [1.29, 1.82) is 0 Å². The lowest BCUT2D eigenvalue weighted by Crippen LogP contribution is -2.34. The van der Waals surface area contributed by atoms with Crippen molar-refractivity contribution in [2.75, 3.05) is 0 Å². The van der Waals surface area contributed by atoms with Crippen LogP contribution < -0.4 is 5.32 Å². The number of rotatable bonds is 6. The van der Waals surface area contributed by atoms with Crippen LogP contribution in [-0.4, -0.2) is 21.8 Å². The Kier molecular flexibility index (Phi) is 5.43. The second kappa shape index (κ2) is 7.52. The number of nitro benzene ring substituents is 2. The van der Waals surface area contributed by atoms with Crippen molar-refractivity contribution < 1.29 is 14.6 Å². The number of hydrogen-bond donors (Lipinski definition) is 1. The third-order valence-corrected chi connectivity index (χ3v) is 3.63. The van der Waals surface area contributed by atoms with Crippen molar-refractivity contribution >= 4 is 17.3 Å². The van der Waals surface area contributed by atoms with Gasteiger partial charge in [0, 0.05) is 18.2 Å². The van der Waals surface area contributed by atoms with E-state index < -0.39 is 27.1 Å². The third kappa shape index (κ3) is 4.84. The average molecular weight is 343 g/mol. The van der Waals surface area contributed by atoms with E-state index in [0.29, 0.717) is 6.42 Å². The first kappa shape index (κ1) is 18.1. The summed E-state index contributed by atoms with van der Waals surface area (Å²) in [6, 6.07) is 10.5. The van der Waals surface area contributed by atoms with Gasteiger partial charge in [-0.2, -0.15) is 0 Å². The normalized spacial score (nSPS) is 11.6. The van der Waals surface area contributed by atoms with Crippen molar-refractivity contribution in [3.63, 3.8) is 0 Å². The van der Waals surface area contributed by atoms with Crippen LogP contribution in [0.2, 0.25) is 0 Å². The van der Waals surface area contributed by atoms with Crippen LogP contribution in [0.25, 0.3) is 0 Å². The molecule has 0 fully saturated rings. The van der Waals surface area contributed by atoms with Crippen LogP contribution in [0.4, 0.5) is 11.4 Å². The zero-order valence-electron chi connectivity index (χ0n) is 13.8. The molecule has 0 spiro atoms. The Balaban J connectivity index is 2.15. The molecule has 0 saturated carbocycles. The molecule has 1 atom stereocenters. The fourth-order valence-corrected chi connectivity index (χ4v) is 2.37. The standard InChI is InChI=1S/C17H17N3O5/c1-11-3-5-13(6-4-11)7-12(2)18-17(21)14-8-15(19(22)23)10-16(9-14)20(24)25/h3-6,8-10,12H,7H2,1-2H3,(H,18,21)/t12-/m0/s1. The van der Waals surface area contributed by atoms with E-state index in [1.807, 2.05) is 31.2 Å². The molecule has 0 unspecified atom stereocenters. The van der Waals surface area contributed by atoms with Crippen molar-refractivity contribution in [2.24, 2.45) is 0 Å². The molecule has 8 nitrogen and oxygen atoms in total. The molecule has 1 amide bonds. The second-order valence-corrected chi connectivity index (χ2v) is 5.82. The zero-order chi connectivity index (χ0) is 18.6. The third-order valence-electron chi connectivity index (χ3n) is 3.63. The Hall–Kier alpha value is -3.29. The number of amides is 1. The van der Waals surface area contributed by atoms with Gasteiger partial charge in [0.05, 0.1) is 21.5 Å². The number of non-ortho nitro benzene ring substituents is 2. The molecule has 2 aromatic carbocycles. The molecule has 8 heteroatoms. The number of carbonyl (C=O) groups excluding carboxylic acids is 1. The summed E-state index contributed by atoms with van der Waals surface area (Å²) >= 11 is 0. The predicted molar refractivity (Wildman–Crippen MR) is 91.6 cm³/mol. The van der Waals surface area contributed by atoms with Gasteiger partial charge in [-0.25, -0.2) is 0 Å². The van der Waals surface area contributed by atoms with Crippen LogP contribution in [0.1, 0.15) is 28.4 Å². The molecule has 0 saturated heterocycles. The molecule has 0 bridgehead atoms. The van der Waals surface area contributed by atoms with E-state index >= 15 is 0 Å². The van der Waals surface area contributed by atoms with E-state index in [4.69, 9.17) is 0 Å². The molecule has 0 aliphatic rings. The summed E-state index contributed by atoms with van der Waals surface area (Å²) in [4.78, 5) is 32.5. The number of aryl methyl sites for hydroxylation is 1. The van der Waals surface area contributed by atoms with Gasteiger partial charge >= 0.3 is 0 Å². The van der Waals surface area contributed by atoms with Gasteiger partial charge < -0.3 is 5.32 Å². The van der Waals surface area contributed by atoms with Crippen molar-refractivity contribution in [3.05, 3.63) is 79.4 Å². The molecule has 0 aliphatic carbocycles. The van der Waals surface area contributed by atoms with Crippen molar-refractivity contribution in [3.8, 4) is 0 Å². The van der Waals surface area contributed by atoms with E-state index in [1.165, 1.54) is 0 Å². The van der Waals surface area contributed by atoms with Gasteiger partial charge in [0.2, 0.25) is 0 Å². The highest BCUT2D eigenvalue weighted by atomic mass is 16.6. The molecule has 25 heavy (non-hydrogen) atoms. The number of carbonyl (C=O) groups is 1. The molecule has 0 aromatic heterocycles. The van der Waals surface area contributed by atoms with E-state index in [0.717, 1.165) is 29.3 Å². The van der Waals surface area contributed by atoms with Gasteiger partial charge in [-0.05, 0) is 25.8 Å². The van der Waals surface area contributed by atoms with Gasteiger partial charge in [-0.3, -0.25) is 25.0 Å². The Morgan fingerprint density at radius 3 is 2.04 bits per heavy atom. The van der Waals surface area contributed by atoms with Crippen LogP contribution in [0.15, 0.2) is 42.5 Å². The van der Waals surface area contributed by atoms with Crippen LogP contribution in [0.3, 0.4) is 0 Å². The SMILES string of the molecule is Cc1ccc(C[C@H](C)NC(=O)c2cc([N+](=O)[O-])cc([N+](=O)[O-])c2)cc1. The first-order valence-corrected chi connectivity index (χ1v) is 7.56. The summed E-state index contributed by atoms with van der Waals surface area (Å²) in [5.74, 6) is -0.591. The van der Waals surface area contributed by atoms with E-state index in [9.17, 15) is 25.0 Å². The predicted octanol–water partition coefficient (Wildman–Crippen LogP) is 3.17. The Morgan fingerprint density at radius 2 is 1.56 bits per heavy atom. The lowest BCUT2D eigenvalue weighted by atomic mass is 10.0. The van der Waals surface area contributed by atoms with Crippen LogP contribution in [0, 0.1) is 27.2 Å². The fourth-order valence-electron chi connectivity index (χ4n) is 2.37. The van der Waals surface area contributed by atoms with Gasteiger partial charge in [0.1, 0.15) is 0 Å². The molecule has 1 N–H and O–H groups in total. The molecular formula is C17H17N3O5. The second-order valence-electron chi connectivity index (χ2n) is 5.82. The van der Waals surface area contributed by atoms with E-state index in [2.05, 4.69) is 5.32 Å². The quantitative estimate of drug-likeness (QED) is 0.639. The molecule has 0 heterocycles. The highest BCUT2D eigenvalue weighted by Gasteiger charge is 2.20. The molecule has 0 radical (unpaired) electrons. The van der Waals surface area contributed by atoms with Gasteiger partial charge in [-0.15, -0.1) is 0 Å². The molecule has 2 rings (SSSR count). The molecule has 130 valence electrons. The van der Waals surface area contributed by atoms with Gasteiger partial charge in [0.25, 0.3) is 17.3 Å². The van der Waals surface area contributed by atoms with E-state index in [-0.39, 0.29) is 11.6 Å². The summed E-state index contributed by atoms with van der Waals surface area (Å²) in [6.45, 7) is 3.77. The number of nitrogens with one attached hydrogen (secondary N) is 1.